The molecule has 5 heteroatoms. The normalized spacial score (nSPS) is 41.1. The van der Waals surface area contributed by atoms with Crippen LogP contribution in [0, 0.1) is 5.92 Å². The molecular weight excluding hydrogens is 264 g/mol. The molecule has 0 spiro atoms. The molecule has 0 aromatic carbocycles. The second-order valence-corrected chi connectivity index (χ2v) is 5.40. The minimum atomic E-state index is -0.722. The lowest BCUT2D eigenvalue weighted by molar-refractivity contribution is -0.160. The van der Waals surface area contributed by atoms with Crippen molar-refractivity contribution in [1.29, 1.82) is 0 Å². The molecule has 2 rings (SSSR count). The van der Waals surface area contributed by atoms with Crippen LogP contribution < -0.4 is 0 Å². The summed E-state index contributed by atoms with van der Waals surface area (Å²) in [5.74, 6) is -0.752. The van der Waals surface area contributed by atoms with E-state index in [0.717, 1.165) is 0 Å². The predicted molar refractivity (Wildman–Crippen MR) is 56.7 cm³/mol. The van der Waals surface area contributed by atoms with Gasteiger partial charge in [0.25, 0.3) is 0 Å². The zero-order valence-electron chi connectivity index (χ0n) is 8.31. The van der Waals surface area contributed by atoms with Crippen LogP contribution in [0.2, 0.25) is 0 Å². The Kier molecular flexibility index (Phi) is 2.77. The van der Waals surface area contributed by atoms with Gasteiger partial charge in [0, 0.05) is 17.2 Å². The lowest BCUT2D eigenvalue weighted by atomic mass is 9.79. The van der Waals surface area contributed by atoms with Crippen LogP contribution in [0.5, 0.6) is 0 Å². The summed E-state index contributed by atoms with van der Waals surface area (Å²) in [5.41, 5.74) is 0.260. The summed E-state index contributed by atoms with van der Waals surface area (Å²) in [6.45, 7) is 1.66. The van der Waals surface area contributed by atoms with Crippen LogP contribution in [0.25, 0.3) is 0 Å². The Hall–Kier alpha value is -0.550. The van der Waals surface area contributed by atoms with Gasteiger partial charge < -0.3 is 14.9 Å². The van der Waals surface area contributed by atoms with Crippen molar-refractivity contribution in [3.05, 3.63) is 11.3 Å². The summed E-state index contributed by atoms with van der Waals surface area (Å²) < 4.78 is 4.95. The van der Waals surface area contributed by atoms with E-state index in [-0.39, 0.29) is 22.1 Å². The predicted octanol–water partition coefficient (Wildman–Crippen LogP) is 1.28. The van der Waals surface area contributed by atoms with Gasteiger partial charge >= 0.3 is 5.97 Å². The number of rotatable bonds is 0. The number of alkyl halides is 1. The SMILES string of the molecule is C[C@H]1OC(=O)C2=C(O)C[C@H](Br)C[C@H]2[C@@H]1O. The molecule has 4 atom stereocenters. The van der Waals surface area contributed by atoms with Crippen molar-refractivity contribution in [2.45, 2.75) is 36.8 Å². The van der Waals surface area contributed by atoms with Crippen molar-refractivity contribution in [2.24, 2.45) is 5.92 Å². The number of ether oxygens (including phenoxy) is 1. The van der Waals surface area contributed by atoms with E-state index < -0.39 is 18.2 Å². The number of carbonyl (C=O) groups is 1. The number of hydrogen-bond donors (Lipinski definition) is 2. The van der Waals surface area contributed by atoms with E-state index in [9.17, 15) is 15.0 Å². The molecule has 2 N–H and O–H groups in total. The molecule has 0 unspecified atom stereocenters. The van der Waals surface area contributed by atoms with Gasteiger partial charge in [0.1, 0.15) is 11.9 Å². The van der Waals surface area contributed by atoms with Crippen LogP contribution in [0.1, 0.15) is 19.8 Å². The topological polar surface area (TPSA) is 66.8 Å². The molecule has 4 nitrogen and oxygen atoms in total. The summed E-state index contributed by atoms with van der Waals surface area (Å²) in [4.78, 5) is 11.6. The van der Waals surface area contributed by atoms with Crippen LogP contribution in [0.3, 0.4) is 0 Å². The number of halogens is 1. The van der Waals surface area contributed by atoms with Crippen LogP contribution in [0.15, 0.2) is 11.3 Å². The summed E-state index contributed by atoms with van der Waals surface area (Å²) in [6.07, 6.45) is -0.153. The largest absolute Gasteiger partial charge is 0.512 e. The Bertz CT molecular complexity index is 325. The van der Waals surface area contributed by atoms with Crippen LogP contribution in [0.4, 0.5) is 0 Å². The summed E-state index contributed by atoms with van der Waals surface area (Å²) >= 11 is 3.40. The fourth-order valence-electron chi connectivity index (χ4n) is 2.22. The van der Waals surface area contributed by atoms with Crippen LogP contribution in [-0.4, -0.2) is 33.2 Å². The Labute approximate surface area is 96.1 Å². The van der Waals surface area contributed by atoms with Crippen molar-refractivity contribution in [3.8, 4) is 0 Å². The summed E-state index contributed by atoms with van der Waals surface area (Å²) in [5, 5.41) is 19.6. The molecule has 0 radical (unpaired) electrons. The lowest BCUT2D eigenvalue weighted by Crippen LogP contribution is -2.46. The Balaban J connectivity index is 2.37. The van der Waals surface area contributed by atoms with E-state index in [1.54, 1.807) is 6.92 Å². The molecule has 84 valence electrons. The van der Waals surface area contributed by atoms with Gasteiger partial charge in [0.2, 0.25) is 0 Å². The van der Waals surface area contributed by atoms with Gasteiger partial charge in [-0.3, -0.25) is 0 Å². The molecule has 1 aliphatic heterocycles. The minimum absolute atomic E-state index is 0.0454. The first-order chi connectivity index (χ1) is 7.00. The molecule has 0 aromatic rings. The zero-order chi connectivity index (χ0) is 11.2. The number of esters is 1. The summed E-state index contributed by atoms with van der Waals surface area (Å²) in [6, 6.07) is 0. The highest BCUT2D eigenvalue weighted by Crippen LogP contribution is 2.39. The second kappa shape index (κ2) is 3.79. The minimum Gasteiger partial charge on any atom is -0.512 e. The third-order valence-electron chi connectivity index (χ3n) is 3.01. The molecule has 0 saturated carbocycles. The van der Waals surface area contributed by atoms with Crippen LogP contribution >= 0.6 is 15.9 Å². The zero-order valence-corrected chi connectivity index (χ0v) is 9.90. The quantitative estimate of drug-likeness (QED) is 0.517. The molecule has 1 aliphatic carbocycles. The lowest BCUT2D eigenvalue weighted by Gasteiger charge is -2.38. The van der Waals surface area contributed by atoms with Gasteiger partial charge in [-0.25, -0.2) is 4.79 Å². The molecule has 0 bridgehead atoms. The maximum atomic E-state index is 11.5. The molecule has 1 saturated heterocycles. The standard InChI is InChI=1S/C10H13BrO4/c1-4-9(13)6-2-5(11)3-7(12)8(6)10(14)15-4/h4-6,9,12-13H,2-3H2,1H3/t4-,5-,6-,9-/m1/s1. The first-order valence-corrected chi connectivity index (χ1v) is 5.87. The van der Waals surface area contributed by atoms with Gasteiger partial charge in [0.15, 0.2) is 0 Å². The number of hydrogen-bond acceptors (Lipinski definition) is 4. The van der Waals surface area contributed by atoms with Gasteiger partial charge in [0.05, 0.1) is 11.7 Å². The van der Waals surface area contributed by atoms with Gasteiger partial charge in [-0.1, -0.05) is 15.9 Å². The highest BCUT2D eigenvalue weighted by molar-refractivity contribution is 9.09. The molecule has 1 heterocycles. The Morgan fingerprint density at radius 1 is 1.53 bits per heavy atom. The molecule has 0 amide bonds. The van der Waals surface area contributed by atoms with Crippen molar-refractivity contribution < 1.29 is 19.7 Å². The first-order valence-electron chi connectivity index (χ1n) is 4.95. The number of aliphatic hydroxyl groups is 2. The number of allylic oxidation sites excluding steroid dienone is 1. The first kappa shape index (κ1) is 11.0. The highest BCUT2D eigenvalue weighted by atomic mass is 79.9. The average molecular weight is 277 g/mol. The molecule has 1 fully saturated rings. The maximum Gasteiger partial charge on any atom is 0.338 e. The van der Waals surface area contributed by atoms with Crippen LogP contribution in [-0.2, 0) is 9.53 Å². The monoisotopic (exact) mass is 276 g/mol. The van der Waals surface area contributed by atoms with Crippen molar-refractivity contribution >= 4 is 21.9 Å². The smallest absolute Gasteiger partial charge is 0.338 e. The third-order valence-corrected chi connectivity index (χ3v) is 3.71. The molecule has 0 aromatic heterocycles. The third kappa shape index (κ3) is 1.78. The number of cyclic esters (lactones) is 1. The molecular formula is C10H13BrO4. The highest BCUT2D eigenvalue weighted by Gasteiger charge is 2.44. The van der Waals surface area contributed by atoms with E-state index in [1.165, 1.54) is 0 Å². The fraction of sp³-hybridized carbons (Fsp3) is 0.700. The van der Waals surface area contributed by atoms with Gasteiger partial charge in [-0.05, 0) is 13.3 Å². The van der Waals surface area contributed by atoms with Crippen molar-refractivity contribution in [2.75, 3.05) is 0 Å². The second-order valence-electron chi connectivity index (χ2n) is 4.10. The van der Waals surface area contributed by atoms with E-state index in [0.29, 0.717) is 12.8 Å². The number of aliphatic hydroxyl groups excluding tert-OH is 2. The van der Waals surface area contributed by atoms with Crippen molar-refractivity contribution in [3.63, 3.8) is 0 Å². The van der Waals surface area contributed by atoms with E-state index in [1.807, 2.05) is 0 Å². The van der Waals surface area contributed by atoms with Gasteiger partial charge in [-0.2, -0.15) is 0 Å². The maximum absolute atomic E-state index is 11.5. The number of carbonyl (C=O) groups excluding carboxylic acids is 1. The average Bonchev–Trinajstić information content (AvgIpc) is 2.12. The Morgan fingerprint density at radius 3 is 2.87 bits per heavy atom. The molecule has 2 aliphatic rings. The number of fused-ring (bicyclic) bond motifs is 1. The van der Waals surface area contributed by atoms with E-state index >= 15 is 0 Å². The van der Waals surface area contributed by atoms with Gasteiger partial charge in [-0.15, -0.1) is 0 Å². The van der Waals surface area contributed by atoms with E-state index in [4.69, 9.17) is 4.74 Å². The molecule has 15 heavy (non-hydrogen) atoms. The summed E-state index contributed by atoms with van der Waals surface area (Å²) in [7, 11) is 0. The van der Waals surface area contributed by atoms with E-state index in [2.05, 4.69) is 15.9 Å². The Morgan fingerprint density at radius 2 is 2.20 bits per heavy atom. The fourth-order valence-corrected chi connectivity index (χ4v) is 2.93. The van der Waals surface area contributed by atoms with Crippen molar-refractivity contribution in [1.82, 2.24) is 0 Å².